The van der Waals surface area contributed by atoms with Gasteiger partial charge in [-0.25, -0.2) is 17.9 Å². The minimum absolute atomic E-state index is 0.129. The molecular formula is C19H24N2O6S. The van der Waals surface area contributed by atoms with Gasteiger partial charge in [-0.1, -0.05) is 0 Å². The number of benzene rings is 1. The number of sulfone groups is 1. The Morgan fingerprint density at radius 3 is 2.29 bits per heavy atom. The lowest BCUT2D eigenvalue weighted by molar-refractivity contribution is -0.148. The molecule has 2 aromatic rings. The second-order valence-corrected chi connectivity index (χ2v) is 8.64. The predicted molar refractivity (Wildman–Crippen MR) is 103 cm³/mol. The van der Waals surface area contributed by atoms with Crippen molar-refractivity contribution >= 4 is 21.6 Å². The number of ether oxygens (including phenoxy) is 2. The fourth-order valence-corrected chi connectivity index (χ4v) is 4.47. The highest BCUT2D eigenvalue weighted by Crippen LogP contribution is 2.30. The predicted octanol–water partition coefficient (Wildman–Crippen LogP) is 1.92. The molecule has 28 heavy (non-hydrogen) atoms. The molecule has 0 amide bonds. The summed E-state index contributed by atoms with van der Waals surface area (Å²) in [5, 5.41) is 4.06. The van der Waals surface area contributed by atoms with E-state index in [9.17, 15) is 18.0 Å². The Labute approximate surface area is 164 Å². The summed E-state index contributed by atoms with van der Waals surface area (Å²) in [6, 6.07) is 1.56. The second-order valence-electron chi connectivity index (χ2n) is 6.69. The van der Waals surface area contributed by atoms with E-state index in [-0.39, 0.29) is 22.1 Å². The summed E-state index contributed by atoms with van der Waals surface area (Å²) in [6.07, 6.45) is 1.57. The van der Waals surface area contributed by atoms with Crippen LogP contribution in [0.5, 0.6) is 5.88 Å². The number of aryl methyl sites for hydroxylation is 2. The lowest BCUT2D eigenvalue weighted by atomic mass is 9.95. The Kier molecular flexibility index (Phi) is 5.98. The van der Waals surface area contributed by atoms with Crippen LogP contribution in [0.1, 0.15) is 39.5 Å². The molecule has 8 nitrogen and oxygen atoms in total. The van der Waals surface area contributed by atoms with Gasteiger partial charge in [-0.15, -0.1) is 0 Å². The van der Waals surface area contributed by atoms with E-state index in [0.717, 1.165) is 6.26 Å². The third-order valence-corrected chi connectivity index (χ3v) is 5.96. The van der Waals surface area contributed by atoms with Crippen LogP contribution in [0.15, 0.2) is 17.2 Å². The molecule has 0 radical (unpaired) electrons. The molecule has 1 aromatic carbocycles. The van der Waals surface area contributed by atoms with E-state index in [1.54, 1.807) is 33.9 Å². The van der Waals surface area contributed by atoms with Crippen LogP contribution in [-0.4, -0.2) is 49.4 Å². The van der Waals surface area contributed by atoms with Crippen LogP contribution >= 0.6 is 0 Å². The van der Waals surface area contributed by atoms with Crippen LogP contribution in [0.2, 0.25) is 0 Å². The highest BCUT2D eigenvalue weighted by atomic mass is 32.2. The van der Waals surface area contributed by atoms with Gasteiger partial charge in [0.15, 0.2) is 21.7 Å². The zero-order valence-corrected chi connectivity index (χ0v) is 17.8. The first kappa shape index (κ1) is 21.6. The van der Waals surface area contributed by atoms with Gasteiger partial charge in [0.2, 0.25) is 5.88 Å². The molecule has 9 heteroatoms. The van der Waals surface area contributed by atoms with E-state index in [0.29, 0.717) is 22.3 Å². The maximum Gasteiger partial charge on any atom is 0.346 e. The number of rotatable bonds is 6. The average molecular weight is 408 g/mol. The average Bonchev–Trinajstić information content (AvgIpc) is 2.96. The minimum Gasteiger partial charge on any atom is -0.466 e. The van der Waals surface area contributed by atoms with E-state index in [1.165, 1.54) is 24.9 Å². The smallest absolute Gasteiger partial charge is 0.346 e. The molecule has 0 aliphatic heterocycles. The maximum atomic E-state index is 13.2. The first-order chi connectivity index (χ1) is 12.9. The van der Waals surface area contributed by atoms with Crippen LogP contribution in [0, 0.1) is 20.8 Å². The summed E-state index contributed by atoms with van der Waals surface area (Å²) >= 11 is 0. The molecule has 1 atom stereocenters. The number of methoxy groups -OCH3 is 1. The summed E-state index contributed by atoms with van der Waals surface area (Å²) < 4.78 is 35.8. The molecule has 0 N–H and O–H groups in total. The minimum atomic E-state index is -3.43. The Hall–Kier alpha value is -2.68. The number of aromatic nitrogens is 2. The first-order valence-electron chi connectivity index (χ1n) is 8.52. The molecule has 0 spiro atoms. The second kappa shape index (κ2) is 7.75. The summed E-state index contributed by atoms with van der Waals surface area (Å²) in [4.78, 5) is 25.1. The number of esters is 1. The summed E-state index contributed by atoms with van der Waals surface area (Å²) in [7, 11) is -0.595. The fraction of sp³-hybridized carbons (Fsp3) is 0.421. The van der Waals surface area contributed by atoms with Crippen molar-refractivity contribution in [1.29, 1.82) is 0 Å². The molecular weight excluding hydrogens is 384 g/mol. The lowest BCUT2D eigenvalue weighted by Gasteiger charge is -2.16. The van der Waals surface area contributed by atoms with Gasteiger partial charge in [-0.05, 0) is 50.5 Å². The van der Waals surface area contributed by atoms with Crippen LogP contribution < -0.4 is 4.74 Å². The zero-order valence-electron chi connectivity index (χ0n) is 17.0. The Morgan fingerprint density at radius 1 is 1.14 bits per heavy atom. The van der Waals surface area contributed by atoms with E-state index in [2.05, 4.69) is 9.84 Å². The van der Waals surface area contributed by atoms with Crippen molar-refractivity contribution in [3.8, 4) is 5.88 Å². The number of carbonyl (C=O) groups is 2. The highest BCUT2D eigenvalue weighted by molar-refractivity contribution is 7.90. The molecule has 2 rings (SSSR count). The van der Waals surface area contributed by atoms with Crippen molar-refractivity contribution in [2.24, 2.45) is 7.05 Å². The van der Waals surface area contributed by atoms with Crippen molar-refractivity contribution in [2.75, 3.05) is 13.4 Å². The van der Waals surface area contributed by atoms with Gasteiger partial charge in [0.05, 0.1) is 18.2 Å². The van der Waals surface area contributed by atoms with Gasteiger partial charge in [0, 0.05) is 18.9 Å². The van der Waals surface area contributed by atoms with Gasteiger partial charge in [-0.3, -0.25) is 4.79 Å². The molecule has 1 unspecified atom stereocenters. The molecule has 0 saturated carbocycles. The maximum absolute atomic E-state index is 13.2. The lowest BCUT2D eigenvalue weighted by Crippen LogP contribution is -2.26. The van der Waals surface area contributed by atoms with Crippen LogP contribution in [0.25, 0.3) is 0 Å². The molecule has 0 aliphatic rings. The molecule has 1 aromatic heterocycles. The van der Waals surface area contributed by atoms with Crippen molar-refractivity contribution < 1.29 is 27.5 Å². The molecule has 152 valence electrons. The van der Waals surface area contributed by atoms with Gasteiger partial charge in [0.25, 0.3) is 0 Å². The van der Waals surface area contributed by atoms with Gasteiger partial charge in [-0.2, -0.15) is 5.10 Å². The number of carbonyl (C=O) groups excluding carboxylic acids is 2. The zero-order chi connectivity index (χ0) is 21.4. The molecule has 0 aliphatic carbocycles. The molecule has 0 saturated heterocycles. The third-order valence-electron chi connectivity index (χ3n) is 4.59. The third kappa shape index (κ3) is 3.94. The van der Waals surface area contributed by atoms with Crippen LogP contribution in [0.3, 0.4) is 0 Å². The van der Waals surface area contributed by atoms with Crippen molar-refractivity contribution in [2.45, 2.75) is 38.7 Å². The molecule has 0 bridgehead atoms. The Morgan fingerprint density at radius 2 is 1.75 bits per heavy atom. The van der Waals surface area contributed by atoms with Crippen molar-refractivity contribution in [3.05, 3.63) is 40.1 Å². The molecule has 1 heterocycles. The molecule has 0 fully saturated rings. The largest absolute Gasteiger partial charge is 0.466 e. The number of hydrogen-bond donors (Lipinski definition) is 0. The Balaban J connectivity index is 2.56. The fourth-order valence-electron chi connectivity index (χ4n) is 3.11. The monoisotopic (exact) mass is 408 g/mol. The van der Waals surface area contributed by atoms with Crippen molar-refractivity contribution in [3.63, 3.8) is 0 Å². The summed E-state index contributed by atoms with van der Waals surface area (Å²) in [5.74, 6) is -0.825. The quantitative estimate of drug-likeness (QED) is 0.531. The Bertz CT molecular complexity index is 1050. The normalized spacial score (nSPS) is 12.5. The summed E-state index contributed by atoms with van der Waals surface area (Å²) in [6.45, 7) is 6.53. The van der Waals surface area contributed by atoms with E-state index in [4.69, 9.17) is 4.74 Å². The van der Waals surface area contributed by atoms with Crippen LogP contribution in [0.4, 0.5) is 0 Å². The van der Waals surface area contributed by atoms with Gasteiger partial charge in [0.1, 0.15) is 5.56 Å². The number of nitrogens with zero attached hydrogens (tertiary/aromatic N) is 2. The number of ketones is 1. The van der Waals surface area contributed by atoms with Crippen LogP contribution in [-0.2, 0) is 26.4 Å². The number of hydrogen-bond acceptors (Lipinski definition) is 7. The van der Waals surface area contributed by atoms with Gasteiger partial charge >= 0.3 is 5.97 Å². The standard InChI is InChI=1S/C19H24N2O6S/c1-10-8-14(11(2)12(3)17(10)28(7,24)25)16(22)15-9-20-21(5)18(15)27-13(4)19(23)26-6/h8-9,13H,1-7H3. The van der Waals surface area contributed by atoms with E-state index < -0.39 is 21.9 Å². The van der Waals surface area contributed by atoms with E-state index in [1.807, 2.05) is 0 Å². The highest BCUT2D eigenvalue weighted by Gasteiger charge is 2.27. The SMILES string of the molecule is COC(=O)C(C)Oc1c(C(=O)c2cc(C)c(S(C)(=O)=O)c(C)c2C)cnn1C. The first-order valence-corrected chi connectivity index (χ1v) is 10.4. The van der Waals surface area contributed by atoms with Crippen molar-refractivity contribution in [1.82, 2.24) is 9.78 Å². The topological polar surface area (TPSA) is 105 Å². The van der Waals surface area contributed by atoms with E-state index >= 15 is 0 Å². The van der Waals surface area contributed by atoms with Gasteiger partial charge < -0.3 is 9.47 Å². The summed E-state index contributed by atoms with van der Waals surface area (Å²) in [5.41, 5.74) is 2.11.